The van der Waals surface area contributed by atoms with Crippen LogP contribution in [-0.4, -0.2) is 34.3 Å². The minimum atomic E-state index is -0.468. The Bertz CT molecular complexity index is 823. The predicted molar refractivity (Wildman–Crippen MR) is 113 cm³/mol. The van der Waals surface area contributed by atoms with Gasteiger partial charge in [0.15, 0.2) is 11.6 Å². The molecule has 11 heteroatoms. The molecule has 0 atom stereocenters. The number of ether oxygens (including phenoxy) is 2. The highest BCUT2D eigenvalue weighted by Crippen LogP contribution is 2.26. The summed E-state index contributed by atoms with van der Waals surface area (Å²) in [6.07, 6.45) is 1.74. The van der Waals surface area contributed by atoms with Gasteiger partial charge in [0.25, 0.3) is 0 Å². The molecule has 0 radical (unpaired) electrons. The number of hydrogen-bond acceptors (Lipinski definition) is 8. The second kappa shape index (κ2) is 12.2. The largest absolute Gasteiger partial charge is 0.493 e. The van der Waals surface area contributed by atoms with E-state index in [1.807, 2.05) is 6.92 Å². The Hall–Kier alpha value is -2.49. The van der Waals surface area contributed by atoms with Crippen LogP contribution in [-0.2, 0) is 17.6 Å². The highest BCUT2D eigenvalue weighted by molar-refractivity contribution is 6.30. The summed E-state index contributed by atoms with van der Waals surface area (Å²) in [5.41, 5.74) is 14.5. The molecule has 1 aromatic carbocycles. The summed E-state index contributed by atoms with van der Waals surface area (Å²) >= 11 is 6.03. The van der Waals surface area contributed by atoms with Crippen molar-refractivity contribution >= 4 is 41.7 Å². The van der Waals surface area contributed by atoms with Gasteiger partial charge < -0.3 is 20.9 Å². The Kier molecular flexibility index (Phi) is 10.3. The lowest BCUT2D eigenvalue weighted by atomic mass is 10.1. The SMILES string of the molecule is CCc1nc(N)nc(N)c1OCCCOc1cc(Cl)ccc1CCC(=O)NO.Cl. The second-order valence-electron chi connectivity index (χ2n) is 5.93. The number of nitrogens with one attached hydrogen (secondary N) is 1. The monoisotopic (exact) mass is 445 g/mol. The van der Waals surface area contributed by atoms with Gasteiger partial charge in [-0.2, -0.15) is 4.98 Å². The van der Waals surface area contributed by atoms with Gasteiger partial charge in [0.2, 0.25) is 11.9 Å². The molecule has 0 spiro atoms. The molecule has 1 aromatic heterocycles. The van der Waals surface area contributed by atoms with Gasteiger partial charge in [-0.25, -0.2) is 10.5 Å². The van der Waals surface area contributed by atoms with Gasteiger partial charge in [0, 0.05) is 17.9 Å². The Morgan fingerprint density at radius 1 is 1.24 bits per heavy atom. The molecular formula is C18H25Cl2N5O4. The molecule has 0 fully saturated rings. The molecule has 1 heterocycles. The number of nitrogen functional groups attached to an aromatic ring is 2. The van der Waals surface area contributed by atoms with Crippen molar-refractivity contribution < 1.29 is 19.5 Å². The summed E-state index contributed by atoms with van der Waals surface area (Å²) in [6.45, 7) is 2.65. The van der Waals surface area contributed by atoms with Gasteiger partial charge in [0.1, 0.15) is 5.75 Å². The summed E-state index contributed by atoms with van der Waals surface area (Å²) in [6, 6.07) is 5.20. The number of rotatable bonds is 10. The van der Waals surface area contributed by atoms with Crippen molar-refractivity contribution in [2.24, 2.45) is 0 Å². The molecule has 160 valence electrons. The predicted octanol–water partition coefficient (Wildman–Crippen LogP) is 2.56. The minimum Gasteiger partial charge on any atom is -0.493 e. The number of aromatic nitrogens is 2. The van der Waals surface area contributed by atoms with Crippen LogP contribution in [0.3, 0.4) is 0 Å². The maximum atomic E-state index is 11.2. The first-order valence-corrected chi connectivity index (χ1v) is 9.21. The van der Waals surface area contributed by atoms with Crippen molar-refractivity contribution in [3.05, 3.63) is 34.5 Å². The van der Waals surface area contributed by atoms with E-state index in [0.29, 0.717) is 54.7 Å². The van der Waals surface area contributed by atoms with Crippen molar-refractivity contribution in [1.29, 1.82) is 0 Å². The number of benzene rings is 1. The van der Waals surface area contributed by atoms with E-state index in [0.717, 1.165) is 5.56 Å². The Morgan fingerprint density at radius 3 is 2.66 bits per heavy atom. The summed E-state index contributed by atoms with van der Waals surface area (Å²) in [7, 11) is 0. The summed E-state index contributed by atoms with van der Waals surface area (Å²) in [4.78, 5) is 19.3. The van der Waals surface area contributed by atoms with Gasteiger partial charge in [-0.3, -0.25) is 10.0 Å². The summed E-state index contributed by atoms with van der Waals surface area (Å²) in [5.74, 6) is 0.889. The van der Waals surface area contributed by atoms with E-state index in [4.69, 9.17) is 37.7 Å². The van der Waals surface area contributed by atoms with Gasteiger partial charge in [0.05, 0.1) is 18.9 Å². The fourth-order valence-electron chi connectivity index (χ4n) is 2.52. The van der Waals surface area contributed by atoms with E-state index in [9.17, 15) is 4.79 Å². The third-order valence-electron chi connectivity index (χ3n) is 3.88. The van der Waals surface area contributed by atoms with Gasteiger partial charge in [-0.15, -0.1) is 12.4 Å². The zero-order chi connectivity index (χ0) is 20.5. The average molecular weight is 446 g/mol. The maximum Gasteiger partial charge on any atom is 0.243 e. The van der Waals surface area contributed by atoms with Gasteiger partial charge in [-0.1, -0.05) is 24.6 Å². The molecule has 0 saturated carbocycles. The molecule has 29 heavy (non-hydrogen) atoms. The lowest BCUT2D eigenvalue weighted by Crippen LogP contribution is -2.19. The van der Waals surface area contributed by atoms with E-state index < -0.39 is 5.91 Å². The number of nitrogens with two attached hydrogens (primary N) is 2. The normalized spacial score (nSPS) is 10.2. The molecule has 1 amide bonds. The second-order valence-corrected chi connectivity index (χ2v) is 6.37. The minimum absolute atomic E-state index is 0. The molecule has 2 rings (SSSR count). The van der Waals surface area contributed by atoms with E-state index in [1.54, 1.807) is 23.7 Å². The fraction of sp³-hybridized carbons (Fsp3) is 0.389. The van der Waals surface area contributed by atoms with Crippen LogP contribution in [0.4, 0.5) is 11.8 Å². The van der Waals surface area contributed by atoms with Crippen LogP contribution in [0.25, 0.3) is 0 Å². The quantitative estimate of drug-likeness (QED) is 0.248. The Morgan fingerprint density at radius 2 is 1.97 bits per heavy atom. The molecule has 0 bridgehead atoms. The van der Waals surface area contributed by atoms with E-state index in [1.165, 1.54) is 0 Å². The molecule has 0 aliphatic carbocycles. The van der Waals surface area contributed by atoms with E-state index >= 15 is 0 Å². The number of anilines is 2. The lowest BCUT2D eigenvalue weighted by molar-refractivity contribution is -0.129. The fourth-order valence-corrected chi connectivity index (χ4v) is 2.68. The van der Waals surface area contributed by atoms with E-state index in [-0.39, 0.29) is 30.6 Å². The molecule has 0 saturated heterocycles. The molecule has 2 aromatic rings. The smallest absolute Gasteiger partial charge is 0.243 e. The number of hydrogen-bond donors (Lipinski definition) is 4. The summed E-state index contributed by atoms with van der Waals surface area (Å²) < 4.78 is 11.5. The summed E-state index contributed by atoms with van der Waals surface area (Å²) in [5, 5.41) is 9.13. The highest BCUT2D eigenvalue weighted by atomic mass is 35.5. The van der Waals surface area contributed by atoms with Crippen LogP contribution >= 0.6 is 24.0 Å². The van der Waals surface area contributed by atoms with Crippen LogP contribution in [0, 0.1) is 0 Å². The third kappa shape index (κ3) is 7.45. The number of nitrogens with zero attached hydrogens (tertiary/aromatic N) is 2. The Labute approximate surface area is 180 Å². The first kappa shape index (κ1) is 24.5. The number of amides is 1. The van der Waals surface area contributed by atoms with Gasteiger partial charge >= 0.3 is 0 Å². The molecule has 9 nitrogen and oxygen atoms in total. The van der Waals surface area contributed by atoms with Crippen molar-refractivity contribution in [2.45, 2.75) is 32.6 Å². The maximum absolute atomic E-state index is 11.2. The lowest BCUT2D eigenvalue weighted by Gasteiger charge is -2.14. The van der Waals surface area contributed by atoms with Gasteiger partial charge in [-0.05, 0) is 30.5 Å². The number of carbonyl (C=O) groups is 1. The van der Waals surface area contributed by atoms with Crippen molar-refractivity contribution in [2.75, 3.05) is 24.7 Å². The number of aryl methyl sites for hydroxylation is 2. The van der Waals surface area contributed by atoms with Crippen molar-refractivity contribution in [3.8, 4) is 11.5 Å². The average Bonchev–Trinajstić information content (AvgIpc) is 2.67. The van der Waals surface area contributed by atoms with Crippen LogP contribution in [0.1, 0.15) is 31.0 Å². The standard InChI is InChI=1S/C18H24ClN5O4.ClH/c1-2-13-16(17(20)23-18(21)22-13)28-9-3-8-27-14-10-12(19)6-4-11(14)5-7-15(25)24-26;/h4,6,10,26H,2-3,5,7-9H2,1H3,(H,24,25)(H4,20,21,22,23);1H. The zero-order valence-electron chi connectivity index (χ0n) is 16.0. The third-order valence-corrected chi connectivity index (χ3v) is 4.12. The Balaban J connectivity index is 0.00000420. The highest BCUT2D eigenvalue weighted by Gasteiger charge is 2.12. The molecule has 0 unspecified atom stereocenters. The van der Waals surface area contributed by atoms with Crippen molar-refractivity contribution in [1.82, 2.24) is 15.4 Å². The molecular weight excluding hydrogens is 421 g/mol. The first-order chi connectivity index (χ1) is 13.4. The van der Waals surface area contributed by atoms with Crippen LogP contribution in [0.2, 0.25) is 5.02 Å². The number of hydroxylamine groups is 1. The molecule has 0 aliphatic heterocycles. The van der Waals surface area contributed by atoms with Crippen LogP contribution in [0.15, 0.2) is 18.2 Å². The number of carbonyl (C=O) groups excluding carboxylic acids is 1. The zero-order valence-corrected chi connectivity index (χ0v) is 17.6. The van der Waals surface area contributed by atoms with Crippen LogP contribution < -0.4 is 26.4 Å². The van der Waals surface area contributed by atoms with E-state index in [2.05, 4.69) is 9.97 Å². The molecule has 6 N–H and O–H groups in total. The molecule has 0 aliphatic rings. The van der Waals surface area contributed by atoms with Crippen LogP contribution in [0.5, 0.6) is 11.5 Å². The topological polar surface area (TPSA) is 146 Å². The first-order valence-electron chi connectivity index (χ1n) is 8.83. The number of halogens is 2. The van der Waals surface area contributed by atoms with Crippen molar-refractivity contribution in [3.63, 3.8) is 0 Å².